The van der Waals surface area contributed by atoms with Gasteiger partial charge < -0.3 is 9.84 Å². The third-order valence-corrected chi connectivity index (χ3v) is 8.14. The maximum Gasteiger partial charge on any atom is 0.162 e. The molecule has 194 valence electrons. The Kier molecular flexibility index (Phi) is 8.95. The minimum absolute atomic E-state index is 0.00204. The Morgan fingerprint density at radius 1 is 0.917 bits per heavy atom. The lowest BCUT2D eigenvalue weighted by atomic mass is 9.75. The third kappa shape index (κ3) is 6.23. The van der Waals surface area contributed by atoms with Crippen LogP contribution in [0.4, 0.5) is 13.2 Å². The molecule has 2 aliphatic carbocycles. The van der Waals surface area contributed by atoms with Gasteiger partial charge in [-0.25, -0.2) is 13.2 Å². The number of allylic oxidation sites excluding steroid dienone is 1. The van der Waals surface area contributed by atoms with Crippen LogP contribution in [0.15, 0.2) is 49.1 Å². The zero-order valence-electron chi connectivity index (χ0n) is 21.1. The van der Waals surface area contributed by atoms with Crippen LogP contribution in [0, 0.1) is 29.3 Å². The van der Waals surface area contributed by atoms with E-state index < -0.39 is 11.6 Å². The van der Waals surface area contributed by atoms with Gasteiger partial charge in [0.1, 0.15) is 18.2 Å². The molecule has 0 bridgehead atoms. The number of aliphatic hydroxyl groups is 1. The van der Waals surface area contributed by atoms with Gasteiger partial charge in [0.15, 0.2) is 11.6 Å². The van der Waals surface area contributed by atoms with Crippen LogP contribution in [-0.2, 0) is 0 Å². The van der Waals surface area contributed by atoms with Gasteiger partial charge in [0, 0.05) is 11.6 Å². The second-order valence-electron chi connectivity index (χ2n) is 10.5. The summed E-state index contributed by atoms with van der Waals surface area (Å²) in [6, 6.07) is 8.40. The fraction of sp³-hybridized carbons (Fsp3) is 0.484. The second kappa shape index (κ2) is 12.1. The first-order valence-corrected chi connectivity index (χ1v) is 13.2. The molecule has 2 aromatic rings. The zero-order chi connectivity index (χ0) is 25.7. The summed E-state index contributed by atoms with van der Waals surface area (Å²) >= 11 is 0. The van der Waals surface area contributed by atoms with Crippen molar-refractivity contribution in [2.75, 3.05) is 6.61 Å². The number of hydrogen-bond acceptors (Lipinski definition) is 2. The van der Waals surface area contributed by atoms with E-state index in [1.165, 1.54) is 6.07 Å². The van der Waals surface area contributed by atoms with Crippen LogP contribution < -0.4 is 4.74 Å². The zero-order valence-corrected chi connectivity index (χ0v) is 21.1. The molecule has 1 unspecified atom stereocenters. The lowest BCUT2D eigenvalue weighted by Gasteiger charge is -2.31. The Labute approximate surface area is 212 Å². The van der Waals surface area contributed by atoms with E-state index in [0.717, 1.165) is 51.4 Å². The van der Waals surface area contributed by atoms with Crippen molar-refractivity contribution in [3.63, 3.8) is 0 Å². The number of rotatable bonds is 8. The summed E-state index contributed by atoms with van der Waals surface area (Å²) in [5, 5.41) is 9.81. The second-order valence-corrected chi connectivity index (χ2v) is 10.5. The Hall–Kier alpha value is -2.53. The first-order valence-electron chi connectivity index (χ1n) is 13.2. The van der Waals surface area contributed by atoms with E-state index in [4.69, 9.17) is 4.74 Å². The number of benzene rings is 2. The fourth-order valence-electron chi connectivity index (χ4n) is 5.87. The molecule has 1 N–H and O–H groups in total. The van der Waals surface area contributed by atoms with E-state index in [9.17, 15) is 9.50 Å². The van der Waals surface area contributed by atoms with Crippen molar-refractivity contribution in [3.05, 3.63) is 83.2 Å². The predicted octanol–water partition coefficient (Wildman–Crippen LogP) is 8.31. The van der Waals surface area contributed by atoms with Crippen LogP contribution in [-0.4, -0.2) is 17.8 Å². The quantitative estimate of drug-likeness (QED) is 0.371. The highest BCUT2D eigenvalue weighted by Crippen LogP contribution is 2.42. The summed E-state index contributed by atoms with van der Waals surface area (Å²) in [7, 11) is 0. The molecule has 0 amide bonds. The van der Waals surface area contributed by atoms with E-state index >= 15 is 8.78 Å². The van der Waals surface area contributed by atoms with E-state index in [-0.39, 0.29) is 35.6 Å². The van der Waals surface area contributed by atoms with Crippen molar-refractivity contribution in [2.45, 2.75) is 76.2 Å². The standard InChI is InChI=1S/C31H37F3O2/c1-3-18-36-26-15-14-25(29(32)19-26)9-6-21-4-7-23(8-5-21)27-16-17-28(31(34)30(27)33)24-12-10-22(11-13-24)20(2)35/h3,6,9,14-17,19-24,35H,1,4-5,7-8,10-13,18H2,2H3/b9-6+. The highest BCUT2D eigenvalue weighted by atomic mass is 19.2. The summed E-state index contributed by atoms with van der Waals surface area (Å²) in [6.45, 7) is 5.72. The van der Waals surface area contributed by atoms with Gasteiger partial charge in [0.25, 0.3) is 0 Å². The molecular weight excluding hydrogens is 461 g/mol. The molecule has 0 aromatic heterocycles. The van der Waals surface area contributed by atoms with Gasteiger partial charge in [-0.15, -0.1) is 0 Å². The van der Waals surface area contributed by atoms with E-state index in [0.29, 0.717) is 29.0 Å². The normalized spacial score (nSPS) is 25.6. The molecule has 1 atom stereocenters. The smallest absolute Gasteiger partial charge is 0.162 e. The molecule has 5 heteroatoms. The van der Waals surface area contributed by atoms with Crippen LogP contribution >= 0.6 is 0 Å². The van der Waals surface area contributed by atoms with E-state index in [1.807, 2.05) is 6.08 Å². The average Bonchev–Trinajstić information content (AvgIpc) is 2.89. The SMILES string of the molecule is C=CCOc1ccc(/C=C/C2CCC(c3ccc(C4CCC(C(C)O)CC4)c(F)c3F)CC2)c(F)c1. The molecule has 0 aliphatic heterocycles. The highest BCUT2D eigenvalue weighted by molar-refractivity contribution is 5.52. The van der Waals surface area contributed by atoms with Crippen LogP contribution in [0.25, 0.3) is 6.08 Å². The van der Waals surface area contributed by atoms with E-state index in [2.05, 4.69) is 6.58 Å². The lowest BCUT2D eigenvalue weighted by molar-refractivity contribution is 0.0963. The maximum atomic E-state index is 15.1. The highest BCUT2D eigenvalue weighted by Gasteiger charge is 2.30. The van der Waals surface area contributed by atoms with Crippen LogP contribution in [0.5, 0.6) is 5.75 Å². The first kappa shape index (κ1) is 26.5. The molecule has 36 heavy (non-hydrogen) atoms. The summed E-state index contributed by atoms with van der Waals surface area (Å²) in [6.07, 6.45) is 11.6. The Balaban J connectivity index is 1.34. The molecule has 0 spiro atoms. The summed E-state index contributed by atoms with van der Waals surface area (Å²) in [5.41, 5.74) is 1.48. The number of hydrogen-bond donors (Lipinski definition) is 1. The maximum absolute atomic E-state index is 15.1. The van der Waals surface area contributed by atoms with Gasteiger partial charge in [-0.1, -0.05) is 36.9 Å². The van der Waals surface area contributed by atoms with Gasteiger partial charge in [-0.2, -0.15) is 0 Å². The lowest BCUT2D eigenvalue weighted by Crippen LogP contribution is -2.23. The van der Waals surface area contributed by atoms with Crippen molar-refractivity contribution >= 4 is 6.08 Å². The van der Waals surface area contributed by atoms with E-state index in [1.54, 1.807) is 43.3 Å². The van der Waals surface area contributed by atoms with Crippen molar-refractivity contribution in [1.82, 2.24) is 0 Å². The third-order valence-electron chi connectivity index (χ3n) is 8.14. The minimum atomic E-state index is -0.690. The van der Waals surface area contributed by atoms with Gasteiger partial charge in [0.2, 0.25) is 0 Å². The molecule has 0 saturated heterocycles. The molecule has 2 aliphatic rings. The van der Waals surface area contributed by atoms with Crippen molar-refractivity contribution in [2.24, 2.45) is 11.8 Å². The first-order chi connectivity index (χ1) is 17.4. The largest absolute Gasteiger partial charge is 0.489 e. The molecule has 2 aromatic carbocycles. The van der Waals surface area contributed by atoms with Crippen LogP contribution in [0.2, 0.25) is 0 Å². The monoisotopic (exact) mass is 498 g/mol. The van der Waals surface area contributed by atoms with Gasteiger partial charge in [-0.05, 0) is 105 Å². The summed E-state index contributed by atoms with van der Waals surface area (Å²) in [4.78, 5) is 0. The van der Waals surface area contributed by atoms with Crippen LogP contribution in [0.1, 0.15) is 86.8 Å². The molecule has 2 nitrogen and oxygen atoms in total. The minimum Gasteiger partial charge on any atom is -0.489 e. The van der Waals surface area contributed by atoms with Crippen molar-refractivity contribution in [3.8, 4) is 5.75 Å². The Morgan fingerprint density at radius 3 is 2.03 bits per heavy atom. The molecule has 0 radical (unpaired) electrons. The van der Waals surface area contributed by atoms with Crippen LogP contribution in [0.3, 0.4) is 0 Å². The molecule has 2 saturated carbocycles. The van der Waals surface area contributed by atoms with Gasteiger partial charge in [0.05, 0.1) is 6.10 Å². The van der Waals surface area contributed by atoms with Crippen molar-refractivity contribution < 1.29 is 23.0 Å². The molecule has 2 fully saturated rings. The Morgan fingerprint density at radius 2 is 1.50 bits per heavy atom. The van der Waals surface area contributed by atoms with Gasteiger partial charge in [-0.3, -0.25) is 0 Å². The fourth-order valence-corrected chi connectivity index (χ4v) is 5.87. The number of halogens is 3. The van der Waals surface area contributed by atoms with Crippen molar-refractivity contribution in [1.29, 1.82) is 0 Å². The topological polar surface area (TPSA) is 29.5 Å². The van der Waals surface area contributed by atoms with Gasteiger partial charge >= 0.3 is 0 Å². The summed E-state index contributed by atoms with van der Waals surface area (Å²) < 4.78 is 50.0. The molecular formula is C31H37F3O2. The predicted molar refractivity (Wildman–Crippen MR) is 139 cm³/mol. The molecule has 0 heterocycles. The average molecular weight is 499 g/mol. The molecule has 4 rings (SSSR count). The Bertz CT molecular complexity index is 1060. The number of aliphatic hydroxyl groups excluding tert-OH is 1. The summed E-state index contributed by atoms with van der Waals surface area (Å²) in [5.74, 6) is -0.680. The number of ether oxygens (including phenoxy) is 1.